The van der Waals surface area contributed by atoms with E-state index in [4.69, 9.17) is 11.6 Å². The van der Waals surface area contributed by atoms with E-state index in [2.05, 4.69) is 10.6 Å². The monoisotopic (exact) mass is 292 g/mol. The largest absolute Gasteiger partial charge is 0.324 e. The van der Waals surface area contributed by atoms with Crippen LogP contribution >= 0.6 is 35.8 Å². The topological polar surface area (TPSA) is 41.1 Å². The lowest BCUT2D eigenvalue weighted by Crippen LogP contribution is -2.37. The third-order valence-electron chi connectivity index (χ3n) is 2.56. The Hall–Kier alpha value is -0.420. The molecule has 1 saturated heterocycles. The van der Waals surface area contributed by atoms with E-state index in [0.717, 1.165) is 22.9 Å². The van der Waals surface area contributed by atoms with Crippen molar-refractivity contribution < 1.29 is 4.79 Å². The van der Waals surface area contributed by atoms with Crippen LogP contribution in [0.25, 0.3) is 0 Å². The van der Waals surface area contributed by atoms with Crippen LogP contribution in [-0.4, -0.2) is 23.6 Å². The predicted molar refractivity (Wildman–Crippen MR) is 76.3 cm³/mol. The maximum Gasteiger partial charge on any atom is 0.242 e. The van der Waals surface area contributed by atoms with E-state index in [-0.39, 0.29) is 24.4 Å². The molecule has 1 aromatic rings. The molecule has 0 saturated carbocycles. The van der Waals surface area contributed by atoms with Gasteiger partial charge in [0.15, 0.2) is 0 Å². The SMILES string of the molecule is Cc1c(Cl)cccc1NC(=O)C1CSCN1.Cl. The number of halogens is 2. The first kappa shape index (κ1) is 14.6. The van der Waals surface area contributed by atoms with Crippen molar-refractivity contribution in [2.75, 3.05) is 16.9 Å². The number of carbonyl (C=O) groups is 1. The summed E-state index contributed by atoms with van der Waals surface area (Å²) in [6.45, 7) is 1.90. The molecule has 0 radical (unpaired) electrons. The number of amides is 1. The quantitative estimate of drug-likeness (QED) is 0.881. The van der Waals surface area contributed by atoms with E-state index in [1.54, 1.807) is 11.8 Å². The number of nitrogens with one attached hydrogen (secondary N) is 2. The summed E-state index contributed by atoms with van der Waals surface area (Å²) in [5, 5.41) is 6.70. The summed E-state index contributed by atoms with van der Waals surface area (Å²) in [7, 11) is 0. The molecule has 1 amide bonds. The Morgan fingerprint density at radius 3 is 3.00 bits per heavy atom. The van der Waals surface area contributed by atoms with E-state index < -0.39 is 0 Å². The minimum atomic E-state index is -0.0941. The zero-order chi connectivity index (χ0) is 11.5. The van der Waals surface area contributed by atoms with Crippen LogP contribution in [0.15, 0.2) is 18.2 Å². The molecular weight excluding hydrogens is 279 g/mol. The van der Waals surface area contributed by atoms with Gasteiger partial charge in [-0.3, -0.25) is 10.1 Å². The summed E-state index contributed by atoms with van der Waals surface area (Å²) < 4.78 is 0. The lowest BCUT2D eigenvalue weighted by Gasteiger charge is -2.12. The van der Waals surface area contributed by atoms with E-state index in [9.17, 15) is 4.79 Å². The van der Waals surface area contributed by atoms with Crippen LogP contribution in [-0.2, 0) is 4.79 Å². The van der Waals surface area contributed by atoms with Gasteiger partial charge in [0.05, 0.1) is 6.04 Å². The summed E-state index contributed by atoms with van der Waals surface area (Å²) >= 11 is 7.72. The molecule has 3 nitrogen and oxygen atoms in total. The van der Waals surface area contributed by atoms with Crippen LogP contribution < -0.4 is 10.6 Å². The molecule has 0 aliphatic carbocycles. The standard InChI is InChI=1S/C11H13ClN2OS.ClH/c1-7-8(12)3-2-4-9(7)14-11(15)10-5-16-6-13-10;/h2-4,10,13H,5-6H2,1H3,(H,14,15);1H. The van der Waals surface area contributed by atoms with Gasteiger partial charge in [0.2, 0.25) is 5.91 Å². The highest BCUT2D eigenvalue weighted by molar-refractivity contribution is 7.99. The molecule has 1 aliphatic rings. The van der Waals surface area contributed by atoms with Crippen molar-refractivity contribution in [3.63, 3.8) is 0 Å². The molecule has 2 N–H and O–H groups in total. The van der Waals surface area contributed by atoms with Gasteiger partial charge in [-0.05, 0) is 24.6 Å². The average molecular weight is 293 g/mol. The van der Waals surface area contributed by atoms with Gasteiger partial charge in [0.1, 0.15) is 0 Å². The molecule has 1 aromatic carbocycles. The summed E-state index contributed by atoms with van der Waals surface area (Å²) in [5.74, 6) is 1.67. The molecule has 1 atom stereocenters. The number of benzene rings is 1. The van der Waals surface area contributed by atoms with Crippen LogP contribution in [0.5, 0.6) is 0 Å². The number of thioether (sulfide) groups is 1. The van der Waals surface area contributed by atoms with Crippen LogP contribution in [0, 0.1) is 6.92 Å². The van der Waals surface area contributed by atoms with E-state index in [1.807, 2.05) is 25.1 Å². The van der Waals surface area contributed by atoms with Crippen molar-refractivity contribution in [2.24, 2.45) is 0 Å². The maximum atomic E-state index is 11.8. The number of anilines is 1. The first-order valence-electron chi connectivity index (χ1n) is 5.05. The predicted octanol–water partition coefficient (Wildman–Crippen LogP) is 2.67. The summed E-state index contributed by atoms with van der Waals surface area (Å²) in [4.78, 5) is 11.8. The fraction of sp³-hybridized carbons (Fsp3) is 0.364. The van der Waals surface area contributed by atoms with Crippen molar-refractivity contribution in [1.29, 1.82) is 0 Å². The molecule has 1 unspecified atom stereocenters. The molecular formula is C11H14Cl2N2OS. The highest BCUT2D eigenvalue weighted by atomic mass is 35.5. The fourth-order valence-electron chi connectivity index (χ4n) is 1.53. The zero-order valence-electron chi connectivity index (χ0n) is 9.33. The van der Waals surface area contributed by atoms with Gasteiger partial charge >= 0.3 is 0 Å². The van der Waals surface area contributed by atoms with Crippen molar-refractivity contribution in [1.82, 2.24) is 5.32 Å². The first-order chi connectivity index (χ1) is 7.68. The molecule has 94 valence electrons. The van der Waals surface area contributed by atoms with Gasteiger partial charge in [0.25, 0.3) is 0 Å². The number of carbonyl (C=O) groups excluding carboxylic acids is 1. The summed E-state index contributed by atoms with van der Waals surface area (Å²) in [5.41, 5.74) is 1.69. The second-order valence-corrected chi connectivity index (χ2v) is 5.11. The third kappa shape index (κ3) is 3.52. The highest BCUT2D eigenvalue weighted by Crippen LogP contribution is 2.23. The molecule has 2 rings (SSSR count). The molecule has 1 aliphatic heterocycles. The second-order valence-electron chi connectivity index (χ2n) is 3.67. The van der Waals surface area contributed by atoms with Crippen LogP contribution in [0.1, 0.15) is 5.56 Å². The third-order valence-corrected chi connectivity index (χ3v) is 3.91. The van der Waals surface area contributed by atoms with Crippen molar-refractivity contribution in [3.05, 3.63) is 28.8 Å². The normalized spacial score (nSPS) is 18.6. The molecule has 1 fully saturated rings. The molecule has 0 spiro atoms. The molecule has 6 heteroatoms. The zero-order valence-corrected chi connectivity index (χ0v) is 11.7. The molecule has 0 aromatic heterocycles. The minimum Gasteiger partial charge on any atom is -0.324 e. The van der Waals surface area contributed by atoms with Crippen molar-refractivity contribution in [3.8, 4) is 0 Å². The van der Waals surface area contributed by atoms with Gasteiger partial charge in [-0.15, -0.1) is 24.2 Å². The number of hydrogen-bond donors (Lipinski definition) is 2. The Kier molecular flexibility index (Phi) is 5.59. The highest BCUT2D eigenvalue weighted by Gasteiger charge is 2.22. The Morgan fingerprint density at radius 2 is 2.35 bits per heavy atom. The van der Waals surface area contributed by atoms with Gasteiger partial charge < -0.3 is 5.32 Å². The van der Waals surface area contributed by atoms with E-state index in [0.29, 0.717) is 5.02 Å². The minimum absolute atomic E-state index is 0. The van der Waals surface area contributed by atoms with Crippen LogP contribution in [0.2, 0.25) is 5.02 Å². The molecule has 1 heterocycles. The van der Waals surface area contributed by atoms with Gasteiger partial charge in [-0.2, -0.15) is 0 Å². The van der Waals surface area contributed by atoms with Gasteiger partial charge in [-0.25, -0.2) is 0 Å². The van der Waals surface area contributed by atoms with Crippen LogP contribution in [0.3, 0.4) is 0 Å². The fourth-order valence-corrected chi connectivity index (χ4v) is 2.64. The average Bonchev–Trinajstić information content (AvgIpc) is 2.78. The van der Waals surface area contributed by atoms with Gasteiger partial charge in [-0.1, -0.05) is 17.7 Å². The Balaban J connectivity index is 0.00000144. The van der Waals surface area contributed by atoms with Crippen molar-refractivity contribution >= 4 is 47.4 Å². The number of hydrogen-bond acceptors (Lipinski definition) is 3. The second kappa shape index (κ2) is 6.50. The lowest BCUT2D eigenvalue weighted by atomic mass is 10.2. The van der Waals surface area contributed by atoms with Crippen molar-refractivity contribution in [2.45, 2.75) is 13.0 Å². The number of rotatable bonds is 2. The summed E-state index contributed by atoms with van der Waals surface area (Å²) in [6.07, 6.45) is 0. The maximum absolute atomic E-state index is 11.8. The smallest absolute Gasteiger partial charge is 0.242 e. The Bertz CT molecular complexity index is 408. The molecule has 17 heavy (non-hydrogen) atoms. The van der Waals surface area contributed by atoms with E-state index in [1.165, 1.54) is 0 Å². The summed E-state index contributed by atoms with van der Waals surface area (Å²) in [6, 6.07) is 5.42. The lowest BCUT2D eigenvalue weighted by molar-refractivity contribution is -0.117. The van der Waals surface area contributed by atoms with Crippen LogP contribution in [0.4, 0.5) is 5.69 Å². The van der Waals surface area contributed by atoms with E-state index >= 15 is 0 Å². The molecule has 0 bridgehead atoms. The Labute approximate surface area is 116 Å². The first-order valence-corrected chi connectivity index (χ1v) is 6.59. The van der Waals surface area contributed by atoms with Gasteiger partial charge in [0, 0.05) is 22.3 Å². The Morgan fingerprint density at radius 1 is 1.59 bits per heavy atom.